The van der Waals surface area contributed by atoms with Crippen LogP contribution in [-0.2, 0) is 6.61 Å². The van der Waals surface area contributed by atoms with Crippen molar-refractivity contribution in [3.8, 4) is 5.75 Å². The first-order chi connectivity index (χ1) is 13.4. The molecule has 0 saturated heterocycles. The highest BCUT2D eigenvalue weighted by Crippen LogP contribution is 2.52. The Morgan fingerprint density at radius 2 is 2.18 bits per heavy atom. The number of ether oxygens (including phenoxy) is 1. The number of alkyl halides is 2. The number of pyridine rings is 2. The number of halogens is 2. The van der Waals surface area contributed by atoms with Gasteiger partial charge in [-0.2, -0.15) is 5.10 Å². The third-order valence-electron chi connectivity index (χ3n) is 4.84. The minimum Gasteiger partial charge on any atom is -0.487 e. The summed E-state index contributed by atoms with van der Waals surface area (Å²) in [5.74, 6) is -3.34. The van der Waals surface area contributed by atoms with Gasteiger partial charge in [-0.25, -0.2) is 13.3 Å². The molecule has 3 aromatic rings. The zero-order valence-electron chi connectivity index (χ0n) is 15.0. The van der Waals surface area contributed by atoms with E-state index < -0.39 is 30.4 Å². The van der Waals surface area contributed by atoms with Crippen LogP contribution in [0.4, 0.5) is 8.78 Å². The highest BCUT2D eigenvalue weighted by atomic mass is 19.3. The van der Waals surface area contributed by atoms with Crippen molar-refractivity contribution in [3.63, 3.8) is 0 Å². The summed E-state index contributed by atoms with van der Waals surface area (Å²) in [6.45, 7) is 1.03. The molecule has 1 unspecified atom stereocenters. The highest BCUT2D eigenvalue weighted by molar-refractivity contribution is 6.02. The van der Waals surface area contributed by atoms with Crippen LogP contribution in [0, 0.1) is 6.92 Å². The van der Waals surface area contributed by atoms with Gasteiger partial charge in [0, 0.05) is 24.9 Å². The highest BCUT2D eigenvalue weighted by Gasteiger charge is 2.72. The number of nitrogens with zero attached hydrogens (tertiary/aromatic N) is 3. The molecule has 1 atom stereocenters. The molecular formula is C19H18F2N4O3. The number of nitrogens with one attached hydrogen (secondary N) is 1. The number of rotatable bonds is 6. The number of hydrogen-bond acceptors (Lipinski definition) is 5. The molecule has 28 heavy (non-hydrogen) atoms. The van der Waals surface area contributed by atoms with Crippen LogP contribution < -0.4 is 10.1 Å². The summed E-state index contributed by atoms with van der Waals surface area (Å²) in [6.07, 6.45) is 2.70. The van der Waals surface area contributed by atoms with Gasteiger partial charge in [0.15, 0.2) is 0 Å². The first-order valence-corrected chi connectivity index (χ1v) is 8.68. The van der Waals surface area contributed by atoms with Gasteiger partial charge in [0.05, 0.1) is 29.1 Å². The average Bonchev–Trinajstić information content (AvgIpc) is 3.05. The number of aryl methyl sites for hydroxylation is 1. The molecular weight excluding hydrogens is 370 g/mol. The number of carbonyl (C=O) groups excluding carboxylic acids is 1. The van der Waals surface area contributed by atoms with E-state index in [0.717, 1.165) is 5.69 Å². The Morgan fingerprint density at radius 3 is 2.82 bits per heavy atom. The second-order valence-electron chi connectivity index (χ2n) is 6.84. The Balaban J connectivity index is 1.59. The minimum absolute atomic E-state index is 0.166. The molecule has 0 aromatic carbocycles. The predicted octanol–water partition coefficient (Wildman–Crippen LogP) is 2.12. The van der Waals surface area contributed by atoms with Crippen molar-refractivity contribution >= 4 is 11.4 Å². The standard InChI is InChI=1S/C19H18F2N4O3/c1-12-16(17(27)23-18(11-26)10-19(18,20)21)15-8-14(5-7-25(15)24-12)28-9-13-4-2-3-6-22-13/h2-8,26H,9-11H2,1H3,(H,23,27). The van der Waals surface area contributed by atoms with Crippen LogP contribution >= 0.6 is 0 Å². The Kier molecular flexibility index (Phi) is 4.26. The molecule has 3 aromatic heterocycles. The second-order valence-corrected chi connectivity index (χ2v) is 6.84. The molecule has 3 heterocycles. The number of aromatic nitrogens is 3. The van der Waals surface area contributed by atoms with Crippen LogP contribution in [0.2, 0.25) is 0 Å². The molecule has 0 bridgehead atoms. The Hall–Kier alpha value is -3.07. The van der Waals surface area contributed by atoms with Gasteiger partial charge < -0.3 is 15.2 Å². The van der Waals surface area contributed by atoms with Crippen molar-refractivity contribution in [2.75, 3.05) is 6.61 Å². The summed E-state index contributed by atoms with van der Waals surface area (Å²) in [5.41, 5.74) is -0.190. The molecule has 4 rings (SSSR count). The quantitative estimate of drug-likeness (QED) is 0.675. The molecule has 146 valence electrons. The topological polar surface area (TPSA) is 88.8 Å². The zero-order valence-corrected chi connectivity index (χ0v) is 15.0. The lowest BCUT2D eigenvalue weighted by molar-refractivity contribution is 0.0505. The smallest absolute Gasteiger partial charge is 0.275 e. The van der Waals surface area contributed by atoms with Gasteiger partial charge in [0.2, 0.25) is 0 Å². The molecule has 1 aliphatic rings. The van der Waals surface area contributed by atoms with Crippen molar-refractivity contribution in [3.05, 3.63) is 59.7 Å². The SMILES string of the molecule is Cc1nn2ccc(OCc3ccccn3)cc2c1C(=O)NC1(CO)CC1(F)F. The van der Waals surface area contributed by atoms with Gasteiger partial charge in [-0.05, 0) is 25.1 Å². The van der Waals surface area contributed by atoms with Crippen molar-refractivity contribution in [2.45, 2.75) is 31.4 Å². The first-order valence-electron chi connectivity index (χ1n) is 8.68. The van der Waals surface area contributed by atoms with Crippen molar-refractivity contribution in [2.24, 2.45) is 0 Å². The van der Waals surface area contributed by atoms with Gasteiger partial charge in [-0.15, -0.1) is 0 Å². The van der Waals surface area contributed by atoms with Crippen LogP contribution in [0.15, 0.2) is 42.7 Å². The molecule has 0 spiro atoms. The number of amides is 1. The minimum atomic E-state index is -3.12. The normalized spacial score (nSPS) is 20.1. The van der Waals surface area contributed by atoms with E-state index in [9.17, 15) is 18.7 Å². The monoisotopic (exact) mass is 388 g/mol. The lowest BCUT2D eigenvalue weighted by Gasteiger charge is -2.15. The number of fused-ring (bicyclic) bond motifs is 1. The molecule has 9 heteroatoms. The van der Waals surface area contributed by atoms with Crippen molar-refractivity contribution < 1.29 is 23.4 Å². The molecule has 0 radical (unpaired) electrons. The summed E-state index contributed by atoms with van der Waals surface area (Å²) in [4.78, 5) is 16.8. The van der Waals surface area contributed by atoms with E-state index in [1.165, 1.54) is 4.52 Å². The fourth-order valence-corrected chi connectivity index (χ4v) is 3.12. The van der Waals surface area contributed by atoms with Crippen LogP contribution in [0.1, 0.15) is 28.2 Å². The summed E-state index contributed by atoms with van der Waals surface area (Å²) in [5, 5.41) is 15.8. The lowest BCUT2D eigenvalue weighted by atomic mass is 10.1. The van der Waals surface area contributed by atoms with Gasteiger partial charge in [-0.3, -0.25) is 9.78 Å². The maximum Gasteiger partial charge on any atom is 0.275 e. The van der Waals surface area contributed by atoms with Crippen LogP contribution in [0.25, 0.3) is 5.52 Å². The van der Waals surface area contributed by atoms with Gasteiger partial charge in [0.1, 0.15) is 17.9 Å². The number of hydrogen-bond donors (Lipinski definition) is 2. The van der Waals surface area contributed by atoms with Crippen molar-refractivity contribution in [1.82, 2.24) is 19.9 Å². The Bertz CT molecular complexity index is 1040. The maximum absolute atomic E-state index is 13.6. The second kappa shape index (κ2) is 6.52. The first kappa shape index (κ1) is 18.3. The summed E-state index contributed by atoms with van der Waals surface area (Å²) < 4.78 is 34.3. The summed E-state index contributed by atoms with van der Waals surface area (Å²) >= 11 is 0. The predicted molar refractivity (Wildman–Crippen MR) is 95.3 cm³/mol. The van der Waals surface area contributed by atoms with E-state index in [1.54, 1.807) is 37.5 Å². The number of aliphatic hydroxyl groups is 1. The molecule has 7 nitrogen and oxygen atoms in total. The Labute approximate surface area is 159 Å². The van der Waals surface area contributed by atoms with Crippen molar-refractivity contribution in [1.29, 1.82) is 0 Å². The largest absolute Gasteiger partial charge is 0.487 e. The fourth-order valence-electron chi connectivity index (χ4n) is 3.12. The van der Waals surface area contributed by atoms with Crippen LogP contribution in [0.5, 0.6) is 5.75 Å². The molecule has 1 saturated carbocycles. The van der Waals surface area contributed by atoms with E-state index in [0.29, 0.717) is 17.0 Å². The van der Waals surface area contributed by atoms with Crippen LogP contribution in [0.3, 0.4) is 0 Å². The summed E-state index contributed by atoms with van der Waals surface area (Å²) in [6, 6.07) is 8.79. The summed E-state index contributed by atoms with van der Waals surface area (Å²) in [7, 11) is 0. The molecule has 1 aliphatic carbocycles. The zero-order chi connectivity index (χ0) is 19.9. The van der Waals surface area contributed by atoms with Crippen LogP contribution in [-0.4, -0.2) is 43.7 Å². The molecule has 0 aliphatic heterocycles. The maximum atomic E-state index is 13.6. The van der Waals surface area contributed by atoms with E-state index in [4.69, 9.17) is 4.74 Å². The Morgan fingerprint density at radius 1 is 1.39 bits per heavy atom. The molecule has 1 amide bonds. The van der Waals surface area contributed by atoms with Gasteiger partial charge >= 0.3 is 0 Å². The molecule has 1 fully saturated rings. The fraction of sp³-hybridized carbons (Fsp3) is 0.316. The third kappa shape index (κ3) is 3.07. The van der Waals surface area contributed by atoms with E-state index in [-0.39, 0.29) is 12.2 Å². The average molecular weight is 388 g/mol. The van der Waals surface area contributed by atoms with Gasteiger partial charge in [-0.1, -0.05) is 6.07 Å². The number of aliphatic hydroxyl groups excluding tert-OH is 1. The number of carbonyl (C=O) groups is 1. The van der Waals surface area contributed by atoms with Gasteiger partial charge in [0.25, 0.3) is 11.8 Å². The van der Waals surface area contributed by atoms with E-state index >= 15 is 0 Å². The lowest BCUT2D eigenvalue weighted by Crippen LogP contribution is -2.44. The molecule has 2 N–H and O–H groups in total. The van der Waals surface area contributed by atoms with E-state index in [1.807, 2.05) is 12.1 Å². The van der Waals surface area contributed by atoms with E-state index in [2.05, 4.69) is 15.4 Å². The third-order valence-corrected chi connectivity index (χ3v) is 4.84.